The average molecular weight is 318 g/mol. The number of carbonyl (C=O) groups excluding carboxylic acids is 2. The minimum absolute atomic E-state index is 0.151. The van der Waals surface area contributed by atoms with Crippen LogP contribution in [0.4, 0.5) is 5.69 Å². The van der Waals surface area contributed by atoms with Crippen LogP contribution in [0.15, 0.2) is 24.3 Å². The molecule has 0 unspecified atom stereocenters. The predicted octanol–water partition coefficient (Wildman–Crippen LogP) is 2.86. The Hall–Kier alpha value is -2.14. The quantitative estimate of drug-likeness (QED) is 0.818. The number of imide groups is 1. The first-order chi connectivity index (χ1) is 10.5. The van der Waals surface area contributed by atoms with Crippen molar-refractivity contribution in [3.8, 4) is 0 Å². The SMILES string of the molecule is Cc1nn(Cc2ccc(Cl)cc2)c(C)c1N1C(=O)CCC1=O. The maximum atomic E-state index is 11.9. The summed E-state index contributed by atoms with van der Waals surface area (Å²) in [6.45, 7) is 4.27. The van der Waals surface area contributed by atoms with E-state index in [0.717, 1.165) is 11.3 Å². The lowest BCUT2D eigenvalue weighted by Gasteiger charge is -2.14. The van der Waals surface area contributed by atoms with Crippen molar-refractivity contribution < 1.29 is 9.59 Å². The molecule has 2 aromatic rings. The summed E-state index contributed by atoms with van der Waals surface area (Å²) in [5.41, 5.74) is 3.19. The standard InChI is InChI=1S/C16H16ClN3O2/c1-10-16(20-14(21)7-8-15(20)22)11(2)19(18-10)9-12-3-5-13(17)6-4-12/h3-6H,7-9H2,1-2H3. The molecule has 1 aromatic carbocycles. The Morgan fingerprint density at radius 3 is 2.27 bits per heavy atom. The van der Waals surface area contributed by atoms with E-state index in [9.17, 15) is 9.59 Å². The molecule has 1 fully saturated rings. The zero-order valence-corrected chi connectivity index (χ0v) is 13.2. The Balaban J connectivity index is 1.95. The van der Waals surface area contributed by atoms with Gasteiger partial charge in [0.15, 0.2) is 0 Å². The molecule has 0 aliphatic carbocycles. The van der Waals surface area contributed by atoms with Crippen LogP contribution in [0.2, 0.25) is 5.02 Å². The highest BCUT2D eigenvalue weighted by molar-refractivity contribution is 6.30. The highest BCUT2D eigenvalue weighted by Crippen LogP contribution is 2.29. The third-order valence-corrected chi connectivity index (χ3v) is 4.12. The minimum atomic E-state index is -0.151. The summed E-state index contributed by atoms with van der Waals surface area (Å²) in [5.74, 6) is -0.301. The summed E-state index contributed by atoms with van der Waals surface area (Å²) in [5, 5.41) is 5.17. The molecule has 1 saturated heterocycles. The number of rotatable bonds is 3. The second-order valence-corrected chi connectivity index (χ2v) is 5.86. The fraction of sp³-hybridized carbons (Fsp3) is 0.312. The third-order valence-electron chi connectivity index (χ3n) is 3.86. The number of benzene rings is 1. The van der Waals surface area contributed by atoms with Crippen LogP contribution in [0.5, 0.6) is 0 Å². The van der Waals surface area contributed by atoms with Crippen LogP contribution in [0.3, 0.4) is 0 Å². The number of hydrogen-bond donors (Lipinski definition) is 0. The summed E-state index contributed by atoms with van der Waals surface area (Å²) in [6.07, 6.45) is 0.556. The Labute approximate surface area is 133 Å². The van der Waals surface area contributed by atoms with E-state index in [2.05, 4.69) is 5.10 Å². The number of nitrogens with zero attached hydrogens (tertiary/aromatic N) is 3. The monoisotopic (exact) mass is 317 g/mol. The Morgan fingerprint density at radius 2 is 1.68 bits per heavy atom. The van der Waals surface area contributed by atoms with Crippen LogP contribution in [0, 0.1) is 13.8 Å². The highest BCUT2D eigenvalue weighted by Gasteiger charge is 2.34. The number of carbonyl (C=O) groups is 2. The molecule has 0 saturated carbocycles. The molecule has 6 heteroatoms. The number of hydrogen-bond acceptors (Lipinski definition) is 3. The Bertz CT molecular complexity index is 733. The van der Waals surface area contributed by atoms with Crippen molar-refractivity contribution in [1.29, 1.82) is 0 Å². The molecule has 22 heavy (non-hydrogen) atoms. The number of halogens is 1. The lowest BCUT2D eigenvalue weighted by molar-refractivity contribution is -0.121. The van der Waals surface area contributed by atoms with Gasteiger partial charge in [-0.05, 0) is 31.5 Å². The van der Waals surface area contributed by atoms with Gasteiger partial charge in [0.1, 0.15) is 0 Å². The Kier molecular flexibility index (Phi) is 3.74. The van der Waals surface area contributed by atoms with Crippen molar-refractivity contribution in [3.63, 3.8) is 0 Å². The summed E-state index contributed by atoms with van der Waals surface area (Å²) in [7, 11) is 0. The zero-order chi connectivity index (χ0) is 15.9. The van der Waals surface area contributed by atoms with Crippen LogP contribution >= 0.6 is 11.6 Å². The molecule has 1 aliphatic rings. The smallest absolute Gasteiger partial charge is 0.234 e. The van der Waals surface area contributed by atoms with Gasteiger partial charge in [0.05, 0.1) is 23.6 Å². The van der Waals surface area contributed by atoms with Crippen molar-refractivity contribution in [3.05, 3.63) is 46.2 Å². The fourth-order valence-corrected chi connectivity index (χ4v) is 2.88. The summed E-state index contributed by atoms with van der Waals surface area (Å²) < 4.78 is 1.81. The van der Waals surface area contributed by atoms with E-state index >= 15 is 0 Å². The van der Waals surface area contributed by atoms with Gasteiger partial charge in [-0.25, -0.2) is 4.90 Å². The second kappa shape index (κ2) is 5.57. The average Bonchev–Trinajstić information content (AvgIpc) is 2.94. The van der Waals surface area contributed by atoms with Gasteiger partial charge in [-0.3, -0.25) is 14.3 Å². The number of anilines is 1. The van der Waals surface area contributed by atoms with Gasteiger partial charge in [0, 0.05) is 17.9 Å². The second-order valence-electron chi connectivity index (χ2n) is 5.43. The molecule has 1 aliphatic heterocycles. The molecule has 3 rings (SSSR count). The summed E-state index contributed by atoms with van der Waals surface area (Å²) in [4.78, 5) is 25.2. The zero-order valence-electron chi connectivity index (χ0n) is 12.5. The molecule has 1 aromatic heterocycles. The summed E-state index contributed by atoms with van der Waals surface area (Å²) in [6, 6.07) is 7.53. The van der Waals surface area contributed by atoms with Crippen LogP contribution in [-0.2, 0) is 16.1 Å². The lowest BCUT2D eigenvalue weighted by Crippen LogP contribution is -2.29. The van der Waals surface area contributed by atoms with Crippen molar-refractivity contribution in [2.24, 2.45) is 0 Å². The van der Waals surface area contributed by atoms with Crippen LogP contribution in [0.25, 0.3) is 0 Å². The summed E-state index contributed by atoms with van der Waals surface area (Å²) >= 11 is 5.89. The number of aromatic nitrogens is 2. The molecule has 2 heterocycles. The number of amides is 2. The number of aryl methyl sites for hydroxylation is 1. The Morgan fingerprint density at radius 1 is 1.09 bits per heavy atom. The lowest BCUT2D eigenvalue weighted by atomic mass is 10.2. The van der Waals surface area contributed by atoms with Crippen molar-refractivity contribution in [1.82, 2.24) is 9.78 Å². The molecule has 114 valence electrons. The van der Waals surface area contributed by atoms with E-state index in [1.54, 1.807) is 0 Å². The maximum absolute atomic E-state index is 11.9. The third kappa shape index (κ3) is 2.52. The molecular formula is C16H16ClN3O2. The van der Waals surface area contributed by atoms with Gasteiger partial charge in [-0.15, -0.1) is 0 Å². The van der Waals surface area contributed by atoms with Gasteiger partial charge in [-0.2, -0.15) is 5.10 Å². The minimum Gasteiger partial charge on any atom is -0.274 e. The van der Waals surface area contributed by atoms with Gasteiger partial charge in [0.25, 0.3) is 0 Å². The van der Waals surface area contributed by atoms with Crippen LogP contribution in [-0.4, -0.2) is 21.6 Å². The first-order valence-corrected chi connectivity index (χ1v) is 7.49. The van der Waals surface area contributed by atoms with E-state index in [1.165, 1.54) is 4.90 Å². The normalized spacial score (nSPS) is 15.0. The molecule has 0 radical (unpaired) electrons. The molecule has 0 spiro atoms. The fourth-order valence-electron chi connectivity index (χ4n) is 2.75. The first-order valence-electron chi connectivity index (χ1n) is 7.11. The molecule has 0 bridgehead atoms. The highest BCUT2D eigenvalue weighted by atomic mass is 35.5. The van der Waals surface area contributed by atoms with E-state index < -0.39 is 0 Å². The van der Waals surface area contributed by atoms with Gasteiger partial charge in [0.2, 0.25) is 11.8 Å². The van der Waals surface area contributed by atoms with Crippen LogP contribution in [0.1, 0.15) is 29.8 Å². The van der Waals surface area contributed by atoms with Gasteiger partial charge < -0.3 is 0 Å². The van der Waals surface area contributed by atoms with Crippen molar-refractivity contribution >= 4 is 29.1 Å². The van der Waals surface area contributed by atoms with E-state index in [4.69, 9.17) is 11.6 Å². The molecule has 0 atom stereocenters. The predicted molar refractivity (Wildman–Crippen MR) is 84.0 cm³/mol. The van der Waals surface area contributed by atoms with Crippen LogP contribution < -0.4 is 4.90 Å². The topological polar surface area (TPSA) is 55.2 Å². The first kappa shape index (κ1) is 14.8. The van der Waals surface area contributed by atoms with Crippen molar-refractivity contribution in [2.75, 3.05) is 4.90 Å². The largest absolute Gasteiger partial charge is 0.274 e. The van der Waals surface area contributed by atoms with Crippen molar-refractivity contribution in [2.45, 2.75) is 33.2 Å². The molecule has 5 nitrogen and oxygen atoms in total. The molecule has 0 N–H and O–H groups in total. The molecular weight excluding hydrogens is 302 g/mol. The van der Waals surface area contributed by atoms with Gasteiger partial charge in [-0.1, -0.05) is 23.7 Å². The van der Waals surface area contributed by atoms with E-state index in [0.29, 0.717) is 22.9 Å². The van der Waals surface area contributed by atoms with E-state index in [-0.39, 0.29) is 24.7 Å². The van der Waals surface area contributed by atoms with E-state index in [1.807, 2.05) is 42.8 Å². The van der Waals surface area contributed by atoms with Gasteiger partial charge >= 0.3 is 0 Å². The molecule has 2 amide bonds. The maximum Gasteiger partial charge on any atom is 0.234 e.